The maximum atomic E-state index is 11.6. The van der Waals surface area contributed by atoms with E-state index in [2.05, 4.69) is 10.3 Å². The number of carbonyl (C=O) groups excluding carboxylic acids is 1. The third kappa shape index (κ3) is 4.37. The molecule has 1 aromatic heterocycles. The van der Waals surface area contributed by atoms with Crippen molar-refractivity contribution in [1.82, 2.24) is 9.88 Å². The van der Waals surface area contributed by atoms with E-state index >= 15 is 0 Å². The Bertz CT molecular complexity index is 587. The van der Waals surface area contributed by atoms with E-state index in [9.17, 15) is 14.7 Å². The summed E-state index contributed by atoms with van der Waals surface area (Å²) >= 11 is 0. The van der Waals surface area contributed by atoms with Gasteiger partial charge in [-0.15, -0.1) is 0 Å². The zero-order valence-electron chi connectivity index (χ0n) is 14.5. The van der Waals surface area contributed by atoms with Gasteiger partial charge in [-0.2, -0.15) is 0 Å². The Morgan fingerprint density at radius 3 is 2.29 bits per heavy atom. The second kappa shape index (κ2) is 7.07. The number of primary amides is 1. The van der Waals surface area contributed by atoms with Crippen LogP contribution >= 0.6 is 0 Å². The largest absolute Gasteiger partial charge is 0.465 e. The van der Waals surface area contributed by atoms with E-state index in [1.54, 1.807) is 17.0 Å². The molecule has 7 heteroatoms. The number of aromatic nitrogens is 1. The van der Waals surface area contributed by atoms with E-state index in [4.69, 9.17) is 5.73 Å². The molecule has 2 rings (SSSR count). The number of pyridine rings is 1. The van der Waals surface area contributed by atoms with Crippen molar-refractivity contribution in [2.45, 2.75) is 64.1 Å². The first kappa shape index (κ1) is 18.0. The summed E-state index contributed by atoms with van der Waals surface area (Å²) in [6.45, 7) is 5.78. The maximum absolute atomic E-state index is 11.6. The Labute approximate surface area is 142 Å². The fourth-order valence-electron chi connectivity index (χ4n) is 3.30. The molecule has 1 fully saturated rings. The molecule has 0 bridgehead atoms. The van der Waals surface area contributed by atoms with Crippen LogP contribution in [0.15, 0.2) is 18.3 Å². The second-order valence-electron chi connectivity index (χ2n) is 7.27. The summed E-state index contributed by atoms with van der Waals surface area (Å²) in [7, 11) is 0. The lowest BCUT2D eigenvalue weighted by molar-refractivity contribution is 0.0556. The molecule has 0 aliphatic heterocycles. The van der Waals surface area contributed by atoms with Gasteiger partial charge in [-0.3, -0.25) is 4.79 Å². The van der Waals surface area contributed by atoms with Crippen molar-refractivity contribution in [2.24, 2.45) is 5.73 Å². The Balaban J connectivity index is 1.92. The second-order valence-corrected chi connectivity index (χ2v) is 7.27. The molecule has 1 heterocycles. The molecule has 0 saturated heterocycles. The molecular formula is C17H26N4O3. The molecule has 0 aromatic carbocycles. The number of carbonyl (C=O) groups is 2. The van der Waals surface area contributed by atoms with Crippen LogP contribution in [0.4, 0.5) is 10.6 Å². The molecule has 24 heavy (non-hydrogen) atoms. The minimum atomic E-state index is -0.859. The number of nitrogens with zero attached hydrogens (tertiary/aromatic N) is 2. The van der Waals surface area contributed by atoms with Gasteiger partial charge in [-0.05, 0) is 58.6 Å². The molecule has 7 nitrogen and oxygen atoms in total. The first-order chi connectivity index (χ1) is 11.2. The summed E-state index contributed by atoms with van der Waals surface area (Å²) in [4.78, 5) is 28.4. The first-order valence-electron chi connectivity index (χ1n) is 8.23. The van der Waals surface area contributed by atoms with E-state index in [0.717, 1.165) is 25.7 Å². The third-order valence-corrected chi connectivity index (χ3v) is 4.39. The predicted molar refractivity (Wildman–Crippen MR) is 92.0 cm³/mol. The van der Waals surface area contributed by atoms with E-state index in [1.807, 2.05) is 20.8 Å². The monoisotopic (exact) mass is 334 g/mol. The molecular weight excluding hydrogens is 308 g/mol. The lowest BCUT2D eigenvalue weighted by Gasteiger charge is -2.42. The minimum Gasteiger partial charge on any atom is -0.465 e. The number of hydrogen-bond acceptors (Lipinski definition) is 4. The van der Waals surface area contributed by atoms with Gasteiger partial charge in [-0.1, -0.05) is 0 Å². The molecule has 1 aliphatic rings. The van der Waals surface area contributed by atoms with Crippen molar-refractivity contribution >= 4 is 17.8 Å². The number of rotatable bonds is 4. The fourth-order valence-corrected chi connectivity index (χ4v) is 3.30. The summed E-state index contributed by atoms with van der Waals surface area (Å²) in [6.07, 6.45) is 4.00. The van der Waals surface area contributed by atoms with Crippen molar-refractivity contribution in [1.29, 1.82) is 0 Å². The number of nitrogens with one attached hydrogen (secondary N) is 1. The zero-order valence-corrected chi connectivity index (χ0v) is 14.5. The van der Waals surface area contributed by atoms with Crippen molar-refractivity contribution in [3.05, 3.63) is 23.9 Å². The fraction of sp³-hybridized carbons (Fsp3) is 0.588. The average Bonchev–Trinajstić information content (AvgIpc) is 2.48. The van der Waals surface area contributed by atoms with Gasteiger partial charge in [0.05, 0.1) is 5.56 Å². The van der Waals surface area contributed by atoms with Crippen molar-refractivity contribution in [3.8, 4) is 0 Å². The van der Waals surface area contributed by atoms with Crippen LogP contribution < -0.4 is 11.1 Å². The summed E-state index contributed by atoms with van der Waals surface area (Å²) in [5.41, 5.74) is 5.18. The first-order valence-corrected chi connectivity index (χ1v) is 8.23. The number of hydrogen-bond donors (Lipinski definition) is 3. The van der Waals surface area contributed by atoms with Crippen LogP contribution in [-0.4, -0.2) is 44.6 Å². The summed E-state index contributed by atoms with van der Waals surface area (Å²) in [5, 5.41) is 12.8. The molecule has 2 amide bonds. The highest BCUT2D eigenvalue weighted by atomic mass is 16.4. The van der Waals surface area contributed by atoms with Gasteiger partial charge in [0, 0.05) is 23.8 Å². The molecule has 0 unspecified atom stereocenters. The van der Waals surface area contributed by atoms with Gasteiger partial charge < -0.3 is 21.1 Å². The van der Waals surface area contributed by atoms with Gasteiger partial charge in [0.25, 0.3) is 0 Å². The average molecular weight is 334 g/mol. The summed E-state index contributed by atoms with van der Waals surface area (Å²) in [6, 6.07) is 3.69. The number of amides is 2. The predicted octanol–water partition coefficient (Wildman–Crippen LogP) is 2.68. The van der Waals surface area contributed by atoms with E-state index in [1.165, 1.54) is 6.20 Å². The lowest BCUT2D eigenvalue weighted by atomic mass is 9.88. The smallest absolute Gasteiger partial charge is 0.407 e. The lowest BCUT2D eigenvalue weighted by Crippen LogP contribution is -2.52. The zero-order chi connectivity index (χ0) is 17.9. The van der Waals surface area contributed by atoms with Crippen LogP contribution in [0.5, 0.6) is 0 Å². The van der Waals surface area contributed by atoms with Crippen LogP contribution in [0.25, 0.3) is 0 Å². The molecule has 1 saturated carbocycles. The summed E-state index contributed by atoms with van der Waals surface area (Å²) in [5.74, 6) is 0.208. The minimum absolute atomic E-state index is 0.0470. The molecule has 0 atom stereocenters. The van der Waals surface area contributed by atoms with Crippen LogP contribution in [0.3, 0.4) is 0 Å². The van der Waals surface area contributed by atoms with E-state index in [-0.39, 0.29) is 12.1 Å². The Hall–Kier alpha value is -2.31. The van der Waals surface area contributed by atoms with Crippen LogP contribution in [0.2, 0.25) is 0 Å². The van der Waals surface area contributed by atoms with Crippen molar-refractivity contribution < 1.29 is 14.7 Å². The van der Waals surface area contributed by atoms with Gasteiger partial charge in [0.2, 0.25) is 5.91 Å². The molecule has 132 valence electrons. The van der Waals surface area contributed by atoms with Crippen LogP contribution in [-0.2, 0) is 0 Å². The quantitative estimate of drug-likeness (QED) is 0.784. The van der Waals surface area contributed by atoms with Crippen molar-refractivity contribution in [3.63, 3.8) is 0 Å². The Kier molecular flexibility index (Phi) is 5.31. The van der Waals surface area contributed by atoms with E-state index < -0.39 is 17.5 Å². The number of carboxylic acid groups (broad SMARTS) is 1. The molecule has 0 radical (unpaired) electrons. The van der Waals surface area contributed by atoms with Gasteiger partial charge in [0.1, 0.15) is 5.82 Å². The molecule has 4 N–H and O–H groups in total. The number of nitrogens with two attached hydrogens (primary N) is 1. The highest BCUT2D eigenvalue weighted by molar-refractivity contribution is 5.92. The molecule has 1 aromatic rings. The number of anilines is 1. The third-order valence-electron chi connectivity index (χ3n) is 4.39. The van der Waals surface area contributed by atoms with Crippen LogP contribution in [0.1, 0.15) is 56.8 Å². The molecule has 1 aliphatic carbocycles. The Morgan fingerprint density at radius 2 is 1.88 bits per heavy atom. The van der Waals surface area contributed by atoms with Gasteiger partial charge in [-0.25, -0.2) is 9.78 Å². The van der Waals surface area contributed by atoms with Gasteiger partial charge in [0.15, 0.2) is 0 Å². The normalized spacial score (nSPS) is 21.1. The SMILES string of the molecule is CC(C)(C)N(C(=O)O)C1CCC(Nc2ccc(C(N)=O)cn2)CC1. The summed E-state index contributed by atoms with van der Waals surface area (Å²) < 4.78 is 0. The van der Waals surface area contributed by atoms with Gasteiger partial charge >= 0.3 is 6.09 Å². The standard InChI is InChI=1S/C17H26N4O3/c1-17(2,3)21(16(23)24)13-7-5-12(6-8-13)20-14-9-4-11(10-19-14)15(18)22/h4,9-10,12-13H,5-8H2,1-3H3,(H2,18,22)(H,19,20)(H,23,24). The highest BCUT2D eigenvalue weighted by Crippen LogP contribution is 2.29. The van der Waals surface area contributed by atoms with E-state index in [0.29, 0.717) is 11.4 Å². The van der Waals surface area contributed by atoms with Crippen molar-refractivity contribution in [2.75, 3.05) is 5.32 Å². The molecule has 0 spiro atoms. The highest BCUT2D eigenvalue weighted by Gasteiger charge is 2.35. The van der Waals surface area contributed by atoms with Crippen LogP contribution in [0, 0.1) is 0 Å². The topological polar surface area (TPSA) is 109 Å². The Morgan fingerprint density at radius 1 is 1.25 bits per heavy atom. The maximum Gasteiger partial charge on any atom is 0.407 e.